The van der Waals surface area contributed by atoms with Crippen LogP contribution in [0.15, 0.2) is 12.7 Å². The topological polar surface area (TPSA) is 78.5 Å². The average molecular weight is 234 g/mol. The maximum atomic E-state index is 12.0. The molecular formula is C10H14N6O. The summed E-state index contributed by atoms with van der Waals surface area (Å²) in [5.41, 5.74) is 0. The van der Waals surface area contributed by atoms with Crippen LogP contribution in [0.5, 0.6) is 0 Å². The van der Waals surface area contributed by atoms with E-state index in [1.54, 1.807) is 6.92 Å². The molecule has 2 aromatic rings. The molecule has 0 radical (unpaired) electrons. The van der Waals surface area contributed by atoms with E-state index in [4.69, 9.17) is 0 Å². The van der Waals surface area contributed by atoms with Crippen molar-refractivity contribution in [2.24, 2.45) is 5.92 Å². The summed E-state index contributed by atoms with van der Waals surface area (Å²) in [5.74, 6) is 1.63. The molecule has 90 valence electrons. The second-order valence-corrected chi connectivity index (χ2v) is 4.21. The third-order valence-corrected chi connectivity index (χ3v) is 2.17. The van der Waals surface area contributed by atoms with Crippen molar-refractivity contribution in [2.45, 2.75) is 27.2 Å². The van der Waals surface area contributed by atoms with E-state index in [9.17, 15) is 4.79 Å². The molecule has 0 unspecified atom stereocenters. The third kappa shape index (κ3) is 2.38. The van der Waals surface area contributed by atoms with Crippen LogP contribution in [0, 0.1) is 12.8 Å². The summed E-state index contributed by atoms with van der Waals surface area (Å²) in [5, 5.41) is 7.88. The maximum absolute atomic E-state index is 12.0. The quantitative estimate of drug-likeness (QED) is 0.771. The van der Waals surface area contributed by atoms with Crippen molar-refractivity contribution >= 4 is 6.03 Å². The Kier molecular flexibility index (Phi) is 2.99. The Morgan fingerprint density at radius 1 is 1.47 bits per heavy atom. The SMILES string of the molecule is Cc1nc(CC(C)C)n(C(=O)n2cncn2)n1. The number of rotatable bonds is 2. The van der Waals surface area contributed by atoms with Gasteiger partial charge in [-0.25, -0.2) is 14.8 Å². The van der Waals surface area contributed by atoms with Crippen molar-refractivity contribution in [1.29, 1.82) is 0 Å². The molecule has 0 aliphatic carbocycles. The van der Waals surface area contributed by atoms with Gasteiger partial charge in [-0.1, -0.05) is 13.8 Å². The van der Waals surface area contributed by atoms with Crippen LogP contribution >= 0.6 is 0 Å². The summed E-state index contributed by atoms with van der Waals surface area (Å²) in [6.07, 6.45) is 3.35. The highest BCUT2D eigenvalue weighted by atomic mass is 16.2. The predicted molar refractivity (Wildman–Crippen MR) is 59.5 cm³/mol. The summed E-state index contributed by atoms with van der Waals surface area (Å²) in [6.45, 7) is 5.89. The van der Waals surface area contributed by atoms with E-state index in [-0.39, 0.29) is 6.03 Å². The van der Waals surface area contributed by atoms with Gasteiger partial charge in [0.25, 0.3) is 0 Å². The molecule has 0 spiro atoms. The Bertz CT molecular complexity index is 513. The lowest BCUT2D eigenvalue weighted by molar-refractivity contribution is 0.237. The van der Waals surface area contributed by atoms with Crippen molar-refractivity contribution in [3.63, 3.8) is 0 Å². The number of nitrogens with zero attached hydrogens (tertiary/aromatic N) is 6. The largest absolute Gasteiger partial charge is 0.372 e. The second kappa shape index (κ2) is 4.44. The minimum atomic E-state index is -0.362. The molecule has 7 nitrogen and oxygen atoms in total. The molecule has 2 rings (SSSR count). The molecule has 0 atom stereocenters. The van der Waals surface area contributed by atoms with E-state index in [1.165, 1.54) is 17.3 Å². The number of hydrogen-bond donors (Lipinski definition) is 0. The van der Waals surface area contributed by atoms with Crippen LogP contribution in [0.1, 0.15) is 25.5 Å². The monoisotopic (exact) mass is 234 g/mol. The Hall–Kier alpha value is -2.05. The van der Waals surface area contributed by atoms with Gasteiger partial charge in [0.05, 0.1) is 0 Å². The molecule has 0 saturated carbocycles. The van der Waals surface area contributed by atoms with E-state index in [2.05, 4.69) is 34.0 Å². The standard InChI is InChI=1S/C10H14N6O/c1-7(2)4-9-13-8(3)14-16(9)10(17)15-6-11-5-12-15/h5-7H,4H2,1-3H3. The first-order valence-corrected chi connectivity index (χ1v) is 5.40. The molecule has 0 fully saturated rings. The lowest BCUT2D eigenvalue weighted by atomic mass is 10.1. The zero-order valence-corrected chi connectivity index (χ0v) is 10.0. The lowest BCUT2D eigenvalue weighted by Gasteiger charge is -2.05. The Balaban J connectivity index is 2.34. The first kappa shape index (κ1) is 11.4. The molecule has 0 aliphatic rings. The molecule has 0 aliphatic heterocycles. The highest BCUT2D eigenvalue weighted by Gasteiger charge is 2.17. The van der Waals surface area contributed by atoms with Crippen molar-refractivity contribution in [1.82, 2.24) is 29.5 Å². The molecule has 7 heteroatoms. The van der Waals surface area contributed by atoms with Crippen LogP contribution in [0.2, 0.25) is 0 Å². The fourth-order valence-corrected chi connectivity index (χ4v) is 1.51. The van der Waals surface area contributed by atoms with Crippen LogP contribution in [-0.4, -0.2) is 35.6 Å². The van der Waals surface area contributed by atoms with E-state index in [1.807, 2.05) is 0 Å². The van der Waals surface area contributed by atoms with Crippen LogP contribution in [0.4, 0.5) is 4.79 Å². The molecule has 0 N–H and O–H groups in total. The molecular weight excluding hydrogens is 220 g/mol. The fraction of sp³-hybridized carbons (Fsp3) is 0.500. The van der Waals surface area contributed by atoms with E-state index < -0.39 is 0 Å². The van der Waals surface area contributed by atoms with Gasteiger partial charge >= 0.3 is 6.03 Å². The lowest BCUT2D eigenvalue weighted by Crippen LogP contribution is -2.24. The van der Waals surface area contributed by atoms with Crippen molar-refractivity contribution in [2.75, 3.05) is 0 Å². The summed E-state index contributed by atoms with van der Waals surface area (Å²) in [4.78, 5) is 20.0. The predicted octanol–water partition coefficient (Wildman–Crippen LogP) is 0.893. The van der Waals surface area contributed by atoms with Gasteiger partial charge in [-0.15, -0.1) is 5.10 Å². The average Bonchev–Trinajstić information content (AvgIpc) is 2.85. The van der Waals surface area contributed by atoms with Gasteiger partial charge in [0.2, 0.25) is 0 Å². The molecule has 0 bridgehead atoms. The Labute approximate surface area is 98.5 Å². The number of aryl methyl sites for hydroxylation is 1. The van der Waals surface area contributed by atoms with Crippen molar-refractivity contribution in [3.8, 4) is 0 Å². The molecule has 17 heavy (non-hydrogen) atoms. The molecule has 0 amide bonds. The van der Waals surface area contributed by atoms with Crippen molar-refractivity contribution in [3.05, 3.63) is 24.3 Å². The molecule has 0 saturated heterocycles. The minimum absolute atomic E-state index is 0.362. The summed E-state index contributed by atoms with van der Waals surface area (Å²) >= 11 is 0. The maximum Gasteiger partial charge on any atom is 0.372 e. The van der Waals surface area contributed by atoms with Gasteiger partial charge in [-0.3, -0.25) is 0 Å². The fourth-order valence-electron chi connectivity index (χ4n) is 1.51. The highest BCUT2D eigenvalue weighted by Crippen LogP contribution is 2.06. The van der Waals surface area contributed by atoms with Gasteiger partial charge in [0, 0.05) is 6.42 Å². The van der Waals surface area contributed by atoms with Crippen molar-refractivity contribution < 1.29 is 4.79 Å². The number of carbonyl (C=O) groups excluding carboxylic acids is 1. The number of carbonyl (C=O) groups is 1. The smallest absolute Gasteiger partial charge is 0.243 e. The van der Waals surface area contributed by atoms with Gasteiger partial charge in [-0.2, -0.15) is 14.5 Å². The van der Waals surface area contributed by atoms with E-state index >= 15 is 0 Å². The van der Waals surface area contributed by atoms with E-state index in [0.29, 0.717) is 24.0 Å². The minimum Gasteiger partial charge on any atom is -0.243 e. The van der Waals surface area contributed by atoms with Crippen LogP contribution in [0.25, 0.3) is 0 Å². The summed E-state index contributed by atoms with van der Waals surface area (Å²) in [6, 6.07) is -0.362. The molecule has 2 aromatic heterocycles. The third-order valence-electron chi connectivity index (χ3n) is 2.17. The first-order valence-electron chi connectivity index (χ1n) is 5.40. The normalized spacial score (nSPS) is 11.1. The summed E-state index contributed by atoms with van der Waals surface area (Å²) in [7, 11) is 0. The van der Waals surface area contributed by atoms with Gasteiger partial charge in [-0.05, 0) is 12.8 Å². The van der Waals surface area contributed by atoms with Crippen LogP contribution < -0.4 is 0 Å². The zero-order chi connectivity index (χ0) is 12.4. The molecule has 2 heterocycles. The number of hydrogen-bond acceptors (Lipinski definition) is 5. The molecule has 0 aromatic carbocycles. The number of aromatic nitrogens is 6. The highest BCUT2D eigenvalue weighted by molar-refractivity contribution is 5.77. The second-order valence-electron chi connectivity index (χ2n) is 4.21. The first-order chi connectivity index (χ1) is 8.08. The zero-order valence-electron chi connectivity index (χ0n) is 10.0. The Morgan fingerprint density at radius 2 is 2.24 bits per heavy atom. The summed E-state index contributed by atoms with van der Waals surface area (Å²) < 4.78 is 2.42. The Morgan fingerprint density at radius 3 is 2.82 bits per heavy atom. The van der Waals surface area contributed by atoms with Crippen LogP contribution in [0.3, 0.4) is 0 Å². The van der Waals surface area contributed by atoms with Gasteiger partial charge in [0.1, 0.15) is 24.3 Å². The van der Waals surface area contributed by atoms with E-state index in [0.717, 1.165) is 4.68 Å². The van der Waals surface area contributed by atoms with Gasteiger partial charge < -0.3 is 0 Å². The van der Waals surface area contributed by atoms with Gasteiger partial charge in [0.15, 0.2) is 0 Å². The van der Waals surface area contributed by atoms with Crippen LogP contribution in [-0.2, 0) is 6.42 Å².